The summed E-state index contributed by atoms with van der Waals surface area (Å²) in [4.78, 5) is 0. The van der Waals surface area contributed by atoms with Crippen LogP contribution in [0.25, 0.3) is 0 Å². The molecule has 4 unspecified atom stereocenters. The Morgan fingerprint density at radius 2 is 1.70 bits per heavy atom. The third kappa shape index (κ3) is 0.572. The maximum absolute atomic E-state index is 3.75. The molecule has 0 aromatic rings. The zero-order chi connectivity index (χ0) is 6.55. The van der Waals surface area contributed by atoms with Crippen LogP contribution in [-0.4, -0.2) is 12.1 Å². The molecule has 10 heavy (non-hydrogen) atoms. The summed E-state index contributed by atoms with van der Waals surface area (Å²) in [7, 11) is 0. The quantitative estimate of drug-likeness (QED) is 0.534. The minimum absolute atomic E-state index is 0.923. The molecule has 0 amide bonds. The van der Waals surface area contributed by atoms with Crippen LogP contribution in [0.1, 0.15) is 32.1 Å². The van der Waals surface area contributed by atoms with Crippen molar-refractivity contribution in [2.45, 2.75) is 44.2 Å². The van der Waals surface area contributed by atoms with Crippen LogP contribution in [0.3, 0.4) is 0 Å². The molecule has 1 saturated carbocycles. The molecule has 1 N–H and O–H groups in total. The van der Waals surface area contributed by atoms with E-state index in [1.165, 1.54) is 32.1 Å². The van der Waals surface area contributed by atoms with Crippen LogP contribution in [0.2, 0.25) is 0 Å². The van der Waals surface area contributed by atoms with Gasteiger partial charge < -0.3 is 5.32 Å². The van der Waals surface area contributed by atoms with Crippen molar-refractivity contribution in [2.24, 2.45) is 11.8 Å². The van der Waals surface area contributed by atoms with E-state index in [-0.39, 0.29) is 0 Å². The van der Waals surface area contributed by atoms with Gasteiger partial charge in [-0.3, -0.25) is 0 Å². The topological polar surface area (TPSA) is 12.0 Å². The predicted molar refractivity (Wildman–Crippen MR) is 40.8 cm³/mol. The molecule has 3 aliphatic rings. The van der Waals surface area contributed by atoms with Gasteiger partial charge >= 0.3 is 0 Å². The lowest BCUT2D eigenvalue weighted by Gasteiger charge is -2.26. The SMILES string of the molecule is C1CC2CCC3CC1NC23. The van der Waals surface area contributed by atoms with Crippen molar-refractivity contribution in [2.75, 3.05) is 0 Å². The Morgan fingerprint density at radius 3 is 2.70 bits per heavy atom. The second-order valence-corrected chi connectivity index (χ2v) is 4.30. The molecule has 3 fully saturated rings. The van der Waals surface area contributed by atoms with Crippen molar-refractivity contribution in [3.05, 3.63) is 0 Å². The summed E-state index contributed by atoms with van der Waals surface area (Å²) in [6, 6.07) is 1.88. The van der Waals surface area contributed by atoms with Gasteiger partial charge in [0.2, 0.25) is 0 Å². The molecule has 4 atom stereocenters. The highest BCUT2D eigenvalue weighted by Crippen LogP contribution is 2.45. The van der Waals surface area contributed by atoms with E-state index in [0.717, 1.165) is 23.9 Å². The van der Waals surface area contributed by atoms with Crippen LogP contribution >= 0.6 is 0 Å². The summed E-state index contributed by atoms with van der Waals surface area (Å²) in [5.41, 5.74) is 0. The van der Waals surface area contributed by atoms with E-state index in [4.69, 9.17) is 0 Å². The summed E-state index contributed by atoms with van der Waals surface area (Å²) in [5.74, 6) is 2.15. The van der Waals surface area contributed by atoms with E-state index in [1.54, 1.807) is 0 Å². The Morgan fingerprint density at radius 1 is 0.900 bits per heavy atom. The highest BCUT2D eigenvalue weighted by molar-refractivity contribution is 5.02. The summed E-state index contributed by atoms with van der Waals surface area (Å²) in [5, 5.41) is 3.75. The van der Waals surface area contributed by atoms with Gasteiger partial charge in [0.25, 0.3) is 0 Å². The second-order valence-electron chi connectivity index (χ2n) is 4.30. The van der Waals surface area contributed by atoms with Crippen LogP contribution < -0.4 is 5.32 Å². The summed E-state index contributed by atoms with van der Waals surface area (Å²) in [6.07, 6.45) is 7.55. The fourth-order valence-electron chi connectivity index (χ4n) is 3.35. The molecule has 1 aliphatic carbocycles. The molecule has 0 radical (unpaired) electrons. The molecular formula is C9H15N. The van der Waals surface area contributed by atoms with Crippen molar-refractivity contribution in [1.82, 2.24) is 5.32 Å². The predicted octanol–water partition coefficient (Wildman–Crippen LogP) is 1.54. The van der Waals surface area contributed by atoms with Crippen molar-refractivity contribution in [1.29, 1.82) is 0 Å². The molecule has 1 heteroatoms. The number of fused-ring (bicyclic) bond motifs is 1. The third-order valence-electron chi connectivity index (χ3n) is 3.83. The van der Waals surface area contributed by atoms with Gasteiger partial charge in [-0.2, -0.15) is 0 Å². The molecule has 3 rings (SSSR count). The normalized spacial score (nSPS) is 57.6. The Bertz CT molecular complexity index is 147. The molecular weight excluding hydrogens is 122 g/mol. The average molecular weight is 137 g/mol. The van der Waals surface area contributed by atoms with Gasteiger partial charge in [0.15, 0.2) is 0 Å². The fraction of sp³-hybridized carbons (Fsp3) is 1.00. The van der Waals surface area contributed by atoms with Gasteiger partial charge in [-0.15, -0.1) is 0 Å². The zero-order valence-corrected chi connectivity index (χ0v) is 6.34. The van der Waals surface area contributed by atoms with Gasteiger partial charge in [0.05, 0.1) is 0 Å². The summed E-state index contributed by atoms with van der Waals surface area (Å²) in [6.45, 7) is 0. The Balaban J connectivity index is 1.94. The minimum Gasteiger partial charge on any atom is -0.311 e. The van der Waals surface area contributed by atoms with Crippen molar-refractivity contribution >= 4 is 0 Å². The first-order valence-electron chi connectivity index (χ1n) is 4.69. The molecule has 2 aliphatic heterocycles. The van der Waals surface area contributed by atoms with Gasteiger partial charge in [-0.1, -0.05) is 0 Å². The lowest BCUT2D eigenvalue weighted by atomic mass is 9.94. The molecule has 1 nitrogen and oxygen atoms in total. The maximum atomic E-state index is 3.75. The fourth-order valence-corrected chi connectivity index (χ4v) is 3.35. The van der Waals surface area contributed by atoms with Crippen LogP contribution in [0.5, 0.6) is 0 Å². The van der Waals surface area contributed by atoms with E-state index in [0.29, 0.717) is 0 Å². The van der Waals surface area contributed by atoms with Gasteiger partial charge in [-0.05, 0) is 43.9 Å². The van der Waals surface area contributed by atoms with Gasteiger partial charge in [0.1, 0.15) is 0 Å². The molecule has 56 valence electrons. The van der Waals surface area contributed by atoms with E-state index >= 15 is 0 Å². The lowest BCUT2D eigenvalue weighted by molar-refractivity contribution is 0.306. The van der Waals surface area contributed by atoms with Crippen LogP contribution in [-0.2, 0) is 0 Å². The second kappa shape index (κ2) is 1.76. The standard InChI is InChI=1S/C9H15N/c1-2-7-5-8-4-3-6(1)9(7)10-8/h6-10H,1-5H2. The highest BCUT2D eigenvalue weighted by Gasteiger charge is 2.45. The Labute approximate surface area is 62.2 Å². The molecule has 2 saturated heterocycles. The van der Waals surface area contributed by atoms with E-state index in [2.05, 4.69) is 5.32 Å². The van der Waals surface area contributed by atoms with Crippen molar-refractivity contribution < 1.29 is 0 Å². The van der Waals surface area contributed by atoms with Crippen LogP contribution in [0, 0.1) is 11.8 Å². The molecule has 0 aromatic carbocycles. The van der Waals surface area contributed by atoms with Crippen LogP contribution in [0.15, 0.2) is 0 Å². The summed E-state index contributed by atoms with van der Waals surface area (Å²) >= 11 is 0. The van der Waals surface area contributed by atoms with E-state index in [1.807, 2.05) is 0 Å². The van der Waals surface area contributed by atoms with Gasteiger partial charge in [-0.25, -0.2) is 0 Å². The number of hydrogen-bond acceptors (Lipinski definition) is 1. The maximum Gasteiger partial charge on any atom is 0.0127 e. The third-order valence-corrected chi connectivity index (χ3v) is 3.83. The smallest absolute Gasteiger partial charge is 0.0127 e. The zero-order valence-electron chi connectivity index (χ0n) is 6.34. The summed E-state index contributed by atoms with van der Waals surface area (Å²) < 4.78 is 0. The molecule has 2 bridgehead atoms. The number of nitrogens with one attached hydrogen (secondary N) is 1. The van der Waals surface area contributed by atoms with Gasteiger partial charge in [0, 0.05) is 12.1 Å². The first-order valence-corrected chi connectivity index (χ1v) is 4.69. The van der Waals surface area contributed by atoms with Crippen molar-refractivity contribution in [3.63, 3.8) is 0 Å². The number of rotatable bonds is 0. The molecule has 0 aromatic heterocycles. The average Bonchev–Trinajstić information content (AvgIpc) is 2.38. The largest absolute Gasteiger partial charge is 0.311 e. The monoisotopic (exact) mass is 137 g/mol. The van der Waals surface area contributed by atoms with E-state index < -0.39 is 0 Å². The Hall–Kier alpha value is -0.0400. The highest BCUT2D eigenvalue weighted by atomic mass is 15.0. The van der Waals surface area contributed by atoms with Crippen LogP contribution in [0.4, 0.5) is 0 Å². The molecule has 2 heterocycles. The lowest BCUT2D eigenvalue weighted by Crippen LogP contribution is -2.39. The molecule has 0 spiro atoms. The Kier molecular flexibility index (Phi) is 0.984. The first kappa shape index (κ1) is 5.59. The van der Waals surface area contributed by atoms with Crippen molar-refractivity contribution in [3.8, 4) is 0 Å². The first-order chi connectivity index (χ1) is 4.93. The minimum atomic E-state index is 0.923. The number of hydrogen-bond donors (Lipinski definition) is 1. The van der Waals surface area contributed by atoms with E-state index in [9.17, 15) is 0 Å². The number of piperidine rings is 1.